The van der Waals surface area contributed by atoms with Crippen LogP contribution in [0.2, 0.25) is 5.02 Å². The SMILES string of the molecule is COc1cccc(CC(=O)c2cc(Cl)cc(Oc3cncnc3)c2)n1. The molecule has 25 heavy (non-hydrogen) atoms. The zero-order valence-electron chi connectivity index (χ0n) is 13.3. The zero-order valence-corrected chi connectivity index (χ0v) is 14.1. The Balaban J connectivity index is 1.80. The van der Waals surface area contributed by atoms with Crippen LogP contribution in [0.3, 0.4) is 0 Å². The van der Waals surface area contributed by atoms with E-state index < -0.39 is 0 Å². The molecule has 6 nitrogen and oxygen atoms in total. The van der Waals surface area contributed by atoms with Crippen molar-refractivity contribution >= 4 is 17.4 Å². The van der Waals surface area contributed by atoms with Gasteiger partial charge in [-0.25, -0.2) is 15.0 Å². The highest BCUT2D eigenvalue weighted by atomic mass is 35.5. The first-order chi connectivity index (χ1) is 12.1. The van der Waals surface area contributed by atoms with E-state index in [-0.39, 0.29) is 12.2 Å². The molecule has 0 fully saturated rings. The number of hydrogen-bond donors (Lipinski definition) is 0. The van der Waals surface area contributed by atoms with Gasteiger partial charge in [0.2, 0.25) is 5.88 Å². The normalized spacial score (nSPS) is 10.3. The lowest BCUT2D eigenvalue weighted by atomic mass is 10.1. The van der Waals surface area contributed by atoms with Crippen molar-refractivity contribution in [1.82, 2.24) is 15.0 Å². The molecule has 0 amide bonds. The summed E-state index contributed by atoms with van der Waals surface area (Å²) >= 11 is 6.11. The number of hydrogen-bond acceptors (Lipinski definition) is 6. The van der Waals surface area contributed by atoms with E-state index in [1.54, 1.807) is 36.4 Å². The first-order valence-electron chi connectivity index (χ1n) is 7.40. The first kappa shape index (κ1) is 16.9. The van der Waals surface area contributed by atoms with Gasteiger partial charge in [0.15, 0.2) is 11.5 Å². The fraction of sp³-hybridized carbons (Fsp3) is 0.111. The van der Waals surface area contributed by atoms with Crippen molar-refractivity contribution in [3.05, 3.63) is 71.4 Å². The summed E-state index contributed by atoms with van der Waals surface area (Å²) in [6.07, 6.45) is 4.58. The minimum absolute atomic E-state index is 0.127. The molecule has 0 N–H and O–H groups in total. The molecule has 7 heteroatoms. The Bertz CT molecular complexity index is 888. The number of carbonyl (C=O) groups is 1. The standard InChI is InChI=1S/C18H14ClN3O3/c1-24-18-4-2-3-14(22-18)8-17(23)12-5-13(19)7-15(6-12)25-16-9-20-11-21-10-16/h2-7,9-11H,8H2,1H3. The third-order valence-electron chi connectivity index (χ3n) is 3.30. The predicted molar refractivity (Wildman–Crippen MR) is 92.4 cm³/mol. The quantitative estimate of drug-likeness (QED) is 0.627. The summed E-state index contributed by atoms with van der Waals surface area (Å²) in [5.41, 5.74) is 1.05. The second-order valence-electron chi connectivity index (χ2n) is 5.12. The third kappa shape index (κ3) is 4.51. The number of aromatic nitrogens is 3. The van der Waals surface area contributed by atoms with Crippen molar-refractivity contribution in [3.63, 3.8) is 0 Å². The fourth-order valence-electron chi connectivity index (χ4n) is 2.19. The van der Waals surface area contributed by atoms with Crippen molar-refractivity contribution in [1.29, 1.82) is 0 Å². The van der Waals surface area contributed by atoms with E-state index in [0.717, 1.165) is 0 Å². The topological polar surface area (TPSA) is 74.2 Å². The van der Waals surface area contributed by atoms with E-state index in [9.17, 15) is 4.79 Å². The number of ketones is 1. The molecule has 2 aromatic heterocycles. The van der Waals surface area contributed by atoms with Crippen LogP contribution in [0.4, 0.5) is 0 Å². The summed E-state index contributed by atoms with van der Waals surface area (Å²) in [5, 5.41) is 0.399. The van der Waals surface area contributed by atoms with Crippen molar-refractivity contribution in [3.8, 4) is 17.4 Å². The molecule has 0 radical (unpaired) electrons. The van der Waals surface area contributed by atoms with Gasteiger partial charge in [0.1, 0.15) is 12.1 Å². The summed E-state index contributed by atoms with van der Waals surface area (Å²) in [4.78, 5) is 24.5. The first-order valence-corrected chi connectivity index (χ1v) is 7.78. The maximum absolute atomic E-state index is 12.6. The Labute approximate surface area is 149 Å². The third-order valence-corrected chi connectivity index (χ3v) is 3.52. The number of methoxy groups -OCH3 is 1. The number of carbonyl (C=O) groups excluding carboxylic acids is 1. The molecule has 0 aliphatic carbocycles. The molecular weight excluding hydrogens is 342 g/mol. The molecule has 0 saturated carbocycles. The highest BCUT2D eigenvalue weighted by molar-refractivity contribution is 6.31. The van der Waals surface area contributed by atoms with Gasteiger partial charge in [-0.15, -0.1) is 0 Å². The van der Waals surface area contributed by atoms with E-state index >= 15 is 0 Å². The monoisotopic (exact) mass is 355 g/mol. The fourth-order valence-corrected chi connectivity index (χ4v) is 2.42. The molecule has 0 aliphatic rings. The Hall–Kier alpha value is -2.99. The summed E-state index contributed by atoms with van der Waals surface area (Å²) in [6.45, 7) is 0. The van der Waals surface area contributed by atoms with Crippen LogP contribution in [0, 0.1) is 0 Å². The highest BCUT2D eigenvalue weighted by Crippen LogP contribution is 2.26. The Morgan fingerprint density at radius 3 is 2.68 bits per heavy atom. The van der Waals surface area contributed by atoms with E-state index in [2.05, 4.69) is 15.0 Å². The zero-order chi connectivity index (χ0) is 17.6. The predicted octanol–water partition coefficient (Wildman–Crippen LogP) is 3.75. The van der Waals surface area contributed by atoms with Gasteiger partial charge in [-0.2, -0.15) is 0 Å². The Kier molecular flexibility index (Phi) is 5.20. The van der Waals surface area contributed by atoms with Crippen LogP contribution >= 0.6 is 11.6 Å². The highest BCUT2D eigenvalue weighted by Gasteiger charge is 2.12. The summed E-state index contributed by atoms with van der Waals surface area (Å²) < 4.78 is 10.7. The van der Waals surface area contributed by atoms with Gasteiger partial charge in [0.25, 0.3) is 0 Å². The van der Waals surface area contributed by atoms with Gasteiger partial charge in [-0.05, 0) is 24.3 Å². The van der Waals surface area contributed by atoms with Crippen molar-refractivity contribution < 1.29 is 14.3 Å². The summed E-state index contributed by atoms with van der Waals surface area (Å²) in [7, 11) is 1.53. The van der Waals surface area contributed by atoms with Crippen LogP contribution in [0.1, 0.15) is 16.1 Å². The molecule has 3 rings (SSSR count). The van der Waals surface area contributed by atoms with Gasteiger partial charge in [0, 0.05) is 16.7 Å². The second-order valence-corrected chi connectivity index (χ2v) is 5.56. The van der Waals surface area contributed by atoms with Crippen LogP contribution in [-0.4, -0.2) is 27.8 Å². The number of Topliss-reactive ketones (excluding diaryl/α,β-unsaturated/α-hetero) is 1. The molecule has 2 heterocycles. The average Bonchev–Trinajstić information content (AvgIpc) is 2.62. The molecule has 0 saturated heterocycles. The number of benzene rings is 1. The van der Waals surface area contributed by atoms with Crippen LogP contribution in [-0.2, 0) is 6.42 Å². The molecule has 0 bridgehead atoms. The summed E-state index contributed by atoms with van der Waals surface area (Å²) in [6, 6.07) is 10.1. The molecule has 3 aromatic rings. The lowest BCUT2D eigenvalue weighted by molar-refractivity contribution is 0.0991. The van der Waals surface area contributed by atoms with E-state index in [1.807, 2.05) is 0 Å². The number of ether oxygens (including phenoxy) is 2. The number of nitrogens with zero attached hydrogens (tertiary/aromatic N) is 3. The van der Waals surface area contributed by atoms with Crippen molar-refractivity contribution in [2.24, 2.45) is 0 Å². The number of pyridine rings is 1. The van der Waals surface area contributed by atoms with E-state index in [1.165, 1.54) is 25.8 Å². The maximum Gasteiger partial charge on any atom is 0.213 e. The molecule has 1 aromatic carbocycles. The lowest BCUT2D eigenvalue weighted by Crippen LogP contribution is -2.06. The van der Waals surface area contributed by atoms with E-state index in [4.69, 9.17) is 21.1 Å². The Morgan fingerprint density at radius 1 is 1.12 bits per heavy atom. The van der Waals surface area contributed by atoms with Gasteiger partial charge in [-0.3, -0.25) is 4.79 Å². The van der Waals surface area contributed by atoms with Crippen LogP contribution in [0.15, 0.2) is 55.1 Å². The van der Waals surface area contributed by atoms with Crippen molar-refractivity contribution in [2.75, 3.05) is 7.11 Å². The molecular formula is C18H14ClN3O3. The Morgan fingerprint density at radius 2 is 1.92 bits per heavy atom. The number of rotatable bonds is 6. The van der Waals surface area contributed by atoms with Gasteiger partial charge in [0.05, 0.1) is 31.6 Å². The molecule has 0 atom stereocenters. The number of halogens is 1. The minimum Gasteiger partial charge on any atom is -0.481 e. The molecule has 0 aliphatic heterocycles. The molecule has 126 valence electrons. The van der Waals surface area contributed by atoms with Crippen molar-refractivity contribution in [2.45, 2.75) is 6.42 Å². The van der Waals surface area contributed by atoms with Gasteiger partial charge >= 0.3 is 0 Å². The van der Waals surface area contributed by atoms with Crippen LogP contribution < -0.4 is 9.47 Å². The average molecular weight is 356 g/mol. The van der Waals surface area contributed by atoms with Crippen LogP contribution in [0.25, 0.3) is 0 Å². The smallest absolute Gasteiger partial charge is 0.213 e. The second kappa shape index (κ2) is 7.72. The van der Waals surface area contributed by atoms with E-state index in [0.29, 0.717) is 33.7 Å². The lowest BCUT2D eigenvalue weighted by Gasteiger charge is -2.08. The maximum atomic E-state index is 12.6. The van der Waals surface area contributed by atoms with Crippen LogP contribution in [0.5, 0.6) is 17.4 Å². The minimum atomic E-state index is -0.127. The molecule has 0 unspecified atom stereocenters. The van der Waals surface area contributed by atoms with Gasteiger partial charge in [-0.1, -0.05) is 17.7 Å². The molecule has 0 spiro atoms. The summed E-state index contributed by atoms with van der Waals surface area (Å²) in [5.74, 6) is 1.23. The van der Waals surface area contributed by atoms with Gasteiger partial charge < -0.3 is 9.47 Å². The largest absolute Gasteiger partial charge is 0.481 e.